The zero-order chi connectivity index (χ0) is 34.1. The molecule has 0 aliphatic heterocycles. The number of tetrazole rings is 1. The molecule has 8 nitrogen and oxygen atoms in total. The average Bonchev–Trinajstić information content (AvgIpc) is 3.86. The third kappa shape index (κ3) is 5.20. The summed E-state index contributed by atoms with van der Waals surface area (Å²) in [7, 11) is 2.06. The number of aromatic nitrogens is 8. The summed E-state index contributed by atoms with van der Waals surface area (Å²) < 4.78 is 6.44. The lowest BCUT2D eigenvalue weighted by Gasteiger charge is -2.36. The van der Waals surface area contributed by atoms with E-state index in [1.807, 2.05) is 29.8 Å². The van der Waals surface area contributed by atoms with Crippen molar-refractivity contribution in [2.24, 2.45) is 7.05 Å². The molecule has 0 radical (unpaired) electrons. The van der Waals surface area contributed by atoms with Crippen molar-refractivity contribution < 1.29 is 0 Å². The summed E-state index contributed by atoms with van der Waals surface area (Å²) in [6, 6.07) is 48.7. The van der Waals surface area contributed by atoms with Gasteiger partial charge in [0.2, 0.25) is 0 Å². The van der Waals surface area contributed by atoms with E-state index in [0.29, 0.717) is 5.82 Å². The summed E-state index contributed by atoms with van der Waals surface area (Å²) in [6.45, 7) is 4.94. The van der Waals surface area contributed by atoms with Crippen LogP contribution in [0.15, 0.2) is 140 Å². The molecule has 8 rings (SSSR count). The van der Waals surface area contributed by atoms with Gasteiger partial charge in [0.05, 0.1) is 6.54 Å². The molecule has 0 atom stereocenters. The summed E-state index contributed by atoms with van der Waals surface area (Å²) in [6.07, 6.45) is 1.93. The van der Waals surface area contributed by atoms with Crippen LogP contribution in [0.5, 0.6) is 0 Å². The maximum atomic E-state index is 4.89. The molecule has 0 saturated carbocycles. The quantitative estimate of drug-likeness (QED) is 0.139. The minimum absolute atomic E-state index is 0.679. The van der Waals surface area contributed by atoms with E-state index in [2.05, 4.69) is 150 Å². The molecule has 3 heterocycles. The molecule has 246 valence electrons. The lowest BCUT2D eigenvalue weighted by Crippen LogP contribution is -2.39. The molecule has 0 aliphatic rings. The molecule has 0 aliphatic carbocycles. The largest absolute Gasteiger partial charge is 0.316 e. The summed E-state index contributed by atoms with van der Waals surface area (Å²) in [4.78, 5) is 9.59. The highest BCUT2D eigenvalue weighted by Crippen LogP contribution is 2.43. The fourth-order valence-electron chi connectivity index (χ4n) is 7.23. The Kier molecular flexibility index (Phi) is 8.12. The summed E-state index contributed by atoms with van der Waals surface area (Å²) in [5.41, 5.74) is 8.51. The fourth-order valence-corrected chi connectivity index (χ4v) is 7.23. The molecule has 50 heavy (non-hydrogen) atoms. The molecule has 0 amide bonds. The Morgan fingerprint density at radius 2 is 1.20 bits per heavy atom. The van der Waals surface area contributed by atoms with E-state index in [-0.39, 0.29) is 0 Å². The fraction of sp³-hybridized carbons (Fsp3) is 0.167. The van der Waals surface area contributed by atoms with Crippen LogP contribution in [0.25, 0.3) is 33.8 Å². The van der Waals surface area contributed by atoms with Crippen molar-refractivity contribution in [2.45, 2.75) is 38.8 Å². The van der Waals surface area contributed by atoms with E-state index in [4.69, 9.17) is 20.3 Å². The van der Waals surface area contributed by atoms with Gasteiger partial charge in [-0.3, -0.25) is 0 Å². The van der Waals surface area contributed by atoms with Crippen molar-refractivity contribution in [3.63, 3.8) is 0 Å². The number of hydrogen-bond donors (Lipinski definition) is 0. The minimum atomic E-state index is -0.837. The Morgan fingerprint density at radius 3 is 1.78 bits per heavy atom. The highest BCUT2D eigenvalue weighted by Gasteiger charge is 2.42. The number of nitrogens with zero attached hydrogens (tertiary/aromatic N) is 8. The molecule has 0 saturated heterocycles. The van der Waals surface area contributed by atoms with E-state index >= 15 is 0 Å². The normalized spacial score (nSPS) is 11.7. The van der Waals surface area contributed by atoms with Crippen LogP contribution in [0.2, 0.25) is 0 Å². The highest BCUT2D eigenvalue weighted by atomic mass is 15.6. The van der Waals surface area contributed by atoms with Crippen molar-refractivity contribution in [2.75, 3.05) is 0 Å². The second-order valence-corrected chi connectivity index (χ2v) is 12.7. The van der Waals surface area contributed by atoms with Gasteiger partial charge in [0.15, 0.2) is 17.1 Å². The highest BCUT2D eigenvalue weighted by molar-refractivity contribution is 5.81. The van der Waals surface area contributed by atoms with Crippen molar-refractivity contribution in [1.29, 1.82) is 0 Å². The number of benzene rings is 5. The predicted octanol–water partition coefficient (Wildman–Crippen LogP) is 8.24. The van der Waals surface area contributed by atoms with E-state index < -0.39 is 5.54 Å². The lowest BCUT2D eigenvalue weighted by molar-refractivity contribution is 0.451. The van der Waals surface area contributed by atoms with Crippen LogP contribution in [0.4, 0.5) is 0 Å². The monoisotopic (exact) mass is 654 g/mol. The average molecular weight is 655 g/mol. The van der Waals surface area contributed by atoms with E-state index in [1.54, 1.807) is 0 Å². The number of aryl methyl sites for hydroxylation is 3. The van der Waals surface area contributed by atoms with Crippen molar-refractivity contribution in [1.82, 2.24) is 39.3 Å². The van der Waals surface area contributed by atoms with Crippen LogP contribution in [0.3, 0.4) is 0 Å². The third-order valence-corrected chi connectivity index (χ3v) is 9.68. The predicted molar refractivity (Wildman–Crippen MR) is 198 cm³/mol. The van der Waals surface area contributed by atoms with Crippen molar-refractivity contribution >= 4 is 11.3 Å². The molecule has 0 unspecified atom stereocenters. The lowest BCUT2D eigenvalue weighted by atomic mass is 9.77. The Labute approximate surface area is 291 Å². The molecule has 0 spiro atoms. The smallest absolute Gasteiger partial charge is 0.197 e. The first-order valence-corrected chi connectivity index (χ1v) is 17.1. The van der Waals surface area contributed by atoms with Gasteiger partial charge >= 0.3 is 0 Å². The van der Waals surface area contributed by atoms with Gasteiger partial charge in [-0.05, 0) is 57.2 Å². The van der Waals surface area contributed by atoms with Crippen LogP contribution in [0, 0.1) is 6.92 Å². The minimum Gasteiger partial charge on any atom is -0.316 e. The van der Waals surface area contributed by atoms with Crippen LogP contribution in [-0.2, 0) is 25.6 Å². The molecule has 0 bridgehead atoms. The van der Waals surface area contributed by atoms with Gasteiger partial charge in [0.1, 0.15) is 17.2 Å². The van der Waals surface area contributed by atoms with Gasteiger partial charge < -0.3 is 9.13 Å². The topological polar surface area (TPSA) is 79.2 Å². The van der Waals surface area contributed by atoms with E-state index in [0.717, 1.165) is 75.7 Å². The standard InChI is InChI=1S/C42H38N8/c1-4-16-38-44-39-41(48(3)30(2)43-39)49(38)29-31-25-27-32(28-26-31)36-23-14-15-24-37(36)40-45-46-47-50(40)42(33-17-8-5-9-18-33,34-19-10-6-11-20-34)35-21-12-7-13-22-35/h5-15,17-28H,4,16,29H2,1-3H3. The van der Waals surface area contributed by atoms with Crippen LogP contribution < -0.4 is 0 Å². The SMILES string of the molecule is CCCc1nc2nc(C)n(C)c2n1Cc1ccc(-c2ccccc2-c2nnnn2C(c2ccccc2)(c2ccccc2)c2ccccc2)cc1. The molecule has 8 aromatic rings. The summed E-state index contributed by atoms with van der Waals surface area (Å²) in [5.74, 6) is 2.71. The maximum Gasteiger partial charge on any atom is 0.197 e. The number of rotatable bonds is 10. The Hall–Kier alpha value is -6.15. The molecular formula is C42H38N8. The van der Waals surface area contributed by atoms with E-state index in [1.165, 1.54) is 5.56 Å². The molecule has 3 aromatic heterocycles. The van der Waals surface area contributed by atoms with Gasteiger partial charge in [0, 0.05) is 19.0 Å². The zero-order valence-electron chi connectivity index (χ0n) is 28.5. The van der Waals surface area contributed by atoms with Crippen LogP contribution >= 0.6 is 0 Å². The first-order valence-electron chi connectivity index (χ1n) is 17.1. The van der Waals surface area contributed by atoms with Gasteiger partial charge in [-0.15, -0.1) is 5.10 Å². The Morgan fingerprint density at radius 1 is 0.640 bits per heavy atom. The number of fused-ring (bicyclic) bond motifs is 1. The molecular weight excluding hydrogens is 617 g/mol. The molecule has 5 aromatic carbocycles. The van der Waals surface area contributed by atoms with Crippen molar-refractivity contribution in [3.8, 4) is 22.5 Å². The molecule has 8 heteroatoms. The van der Waals surface area contributed by atoms with Gasteiger partial charge in [-0.1, -0.05) is 146 Å². The van der Waals surface area contributed by atoms with Gasteiger partial charge in [-0.25, -0.2) is 14.6 Å². The van der Waals surface area contributed by atoms with Gasteiger partial charge in [0.25, 0.3) is 0 Å². The number of imidazole rings is 2. The van der Waals surface area contributed by atoms with Crippen LogP contribution in [0.1, 0.15) is 47.2 Å². The van der Waals surface area contributed by atoms with E-state index in [9.17, 15) is 0 Å². The first kappa shape index (κ1) is 31.1. The zero-order valence-corrected chi connectivity index (χ0v) is 28.5. The first-order chi connectivity index (χ1) is 24.6. The maximum absolute atomic E-state index is 4.89. The van der Waals surface area contributed by atoms with Crippen LogP contribution in [-0.4, -0.2) is 39.3 Å². The second-order valence-electron chi connectivity index (χ2n) is 12.7. The third-order valence-electron chi connectivity index (χ3n) is 9.68. The Balaban J connectivity index is 1.24. The van der Waals surface area contributed by atoms with Gasteiger partial charge in [-0.2, -0.15) is 0 Å². The molecule has 0 N–H and O–H groups in total. The number of hydrogen-bond acceptors (Lipinski definition) is 5. The molecule has 0 fully saturated rings. The Bertz CT molecular complexity index is 2270. The van der Waals surface area contributed by atoms with Crippen molar-refractivity contribution in [3.05, 3.63) is 173 Å². The summed E-state index contributed by atoms with van der Waals surface area (Å²) in [5, 5.41) is 13.8. The summed E-state index contributed by atoms with van der Waals surface area (Å²) >= 11 is 0. The second kappa shape index (κ2) is 13.0.